The topological polar surface area (TPSA) is 122 Å². The Bertz CT molecular complexity index is 1550. The number of carbonyl (C=O) groups is 1. The van der Waals surface area contributed by atoms with Crippen LogP contribution < -0.4 is 19.1 Å². The zero-order chi connectivity index (χ0) is 28.4. The molecule has 39 heavy (non-hydrogen) atoms. The minimum atomic E-state index is -3.95. The van der Waals surface area contributed by atoms with Gasteiger partial charge in [-0.15, -0.1) is 0 Å². The van der Waals surface area contributed by atoms with Crippen molar-refractivity contribution in [3.8, 4) is 11.5 Å². The second-order valence-electron chi connectivity index (χ2n) is 9.33. The van der Waals surface area contributed by atoms with Crippen molar-refractivity contribution in [2.24, 2.45) is 0 Å². The van der Waals surface area contributed by atoms with E-state index in [1.807, 2.05) is 13.8 Å². The zero-order valence-corrected chi connectivity index (χ0v) is 23.8. The number of fused-ring (bicyclic) bond motifs is 1. The van der Waals surface area contributed by atoms with Crippen LogP contribution >= 0.6 is 0 Å². The lowest BCUT2D eigenvalue weighted by Crippen LogP contribution is -2.51. The SMILES string of the molecule is Cc1ccc(S(=O)(=O)N2C[C@@H](C(=O)NCCOc3ccc(S(=O)(=O)N(C)C)cc3)Oc3cc(C)ccc32)cc1. The van der Waals surface area contributed by atoms with Gasteiger partial charge >= 0.3 is 0 Å². The second-order valence-corrected chi connectivity index (χ2v) is 13.3. The first-order chi connectivity index (χ1) is 18.4. The van der Waals surface area contributed by atoms with Gasteiger partial charge in [-0.05, 0) is 67.9 Å². The highest BCUT2D eigenvalue weighted by molar-refractivity contribution is 7.92. The number of aryl methyl sites for hydroxylation is 2. The van der Waals surface area contributed by atoms with Gasteiger partial charge in [0.2, 0.25) is 10.0 Å². The monoisotopic (exact) mass is 573 g/mol. The summed E-state index contributed by atoms with van der Waals surface area (Å²) in [4.78, 5) is 13.3. The molecule has 3 aromatic rings. The van der Waals surface area contributed by atoms with Gasteiger partial charge in [0.05, 0.1) is 28.6 Å². The predicted molar refractivity (Wildman–Crippen MR) is 147 cm³/mol. The van der Waals surface area contributed by atoms with Crippen molar-refractivity contribution in [2.75, 3.05) is 38.1 Å². The third-order valence-electron chi connectivity index (χ3n) is 6.16. The molecule has 0 aliphatic carbocycles. The van der Waals surface area contributed by atoms with E-state index in [0.717, 1.165) is 15.4 Å². The largest absolute Gasteiger partial charge is 0.492 e. The van der Waals surface area contributed by atoms with Crippen molar-refractivity contribution < 1.29 is 31.1 Å². The van der Waals surface area contributed by atoms with E-state index in [0.29, 0.717) is 17.2 Å². The van der Waals surface area contributed by atoms with Crippen LogP contribution in [0.1, 0.15) is 11.1 Å². The highest BCUT2D eigenvalue weighted by Crippen LogP contribution is 2.37. The van der Waals surface area contributed by atoms with Crippen LogP contribution in [0.4, 0.5) is 5.69 Å². The number of sulfonamides is 2. The Morgan fingerprint density at radius 2 is 1.56 bits per heavy atom. The molecule has 0 radical (unpaired) electrons. The molecule has 1 amide bonds. The van der Waals surface area contributed by atoms with Gasteiger partial charge in [-0.25, -0.2) is 21.1 Å². The maximum Gasteiger partial charge on any atom is 0.264 e. The molecule has 1 aliphatic heterocycles. The fourth-order valence-electron chi connectivity index (χ4n) is 3.94. The van der Waals surface area contributed by atoms with Crippen LogP contribution in [0.2, 0.25) is 0 Å². The molecular formula is C27H31N3O7S2. The first-order valence-electron chi connectivity index (χ1n) is 12.2. The summed E-state index contributed by atoms with van der Waals surface area (Å²) >= 11 is 0. The minimum absolute atomic E-state index is 0.110. The quantitative estimate of drug-likeness (QED) is 0.391. The number of carbonyl (C=O) groups excluding carboxylic acids is 1. The van der Waals surface area contributed by atoms with Crippen molar-refractivity contribution in [1.82, 2.24) is 9.62 Å². The van der Waals surface area contributed by atoms with E-state index >= 15 is 0 Å². The first-order valence-corrected chi connectivity index (χ1v) is 15.1. The van der Waals surface area contributed by atoms with E-state index in [9.17, 15) is 21.6 Å². The van der Waals surface area contributed by atoms with Crippen molar-refractivity contribution in [3.05, 3.63) is 77.9 Å². The molecule has 0 saturated heterocycles. The summed E-state index contributed by atoms with van der Waals surface area (Å²) in [5.74, 6) is 0.263. The number of hydrogen-bond donors (Lipinski definition) is 1. The summed E-state index contributed by atoms with van der Waals surface area (Å²) in [5, 5.41) is 2.72. The van der Waals surface area contributed by atoms with Gasteiger partial charge in [-0.1, -0.05) is 23.8 Å². The van der Waals surface area contributed by atoms with Gasteiger partial charge < -0.3 is 14.8 Å². The lowest BCUT2D eigenvalue weighted by molar-refractivity contribution is -0.127. The maximum atomic E-state index is 13.5. The molecule has 10 nitrogen and oxygen atoms in total. The molecule has 3 aromatic carbocycles. The average molecular weight is 574 g/mol. The molecule has 0 unspecified atom stereocenters. The molecule has 0 saturated carbocycles. The van der Waals surface area contributed by atoms with Crippen LogP contribution in [0.15, 0.2) is 76.5 Å². The number of nitrogens with one attached hydrogen (secondary N) is 1. The standard InChI is InChI=1S/C27H31N3O7S2/c1-19-5-10-23(11-6-19)39(34,35)30-18-26(37-25-17-20(2)7-14-24(25)30)27(31)28-15-16-36-21-8-12-22(13-9-21)38(32,33)29(3)4/h5-14,17,26H,15-16,18H2,1-4H3,(H,28,31)/t26-/m0/s1. The molecule has 1 aliphatic rings. The van der Waals surface area contributed by atoms with Gasteiger partial charge in [0.25, 0.3) is 15.9 Å². The van der Waals surface area contributed by atoms with E-state index in [1.54, 1.807) is 42.5 Å². The summed E-state index contributed by atoms with van der Waals surface area (Å²) < 4.78 is 65.3. The molecule has 0 bridgehead atoms. The summed E-state index contributed by atoms with van der Waals surface area (Å²) in [7, 11) is -4.58. The molecule has 4 rings (SSSR count). The molecule has 1 heterocycles. The average Bonchev–Trinajstić information content (AvgIpc) is 2.90. The predicted octanol–water partition coefficient (Wildman–Crippen LogP) is 2.71. The third kappa shape index (κ3) is 6.18. The van der Waals surface area contributed by atoms with Gasteiger partial charge in [0, 0.05) is 14.1 Å². The Labute approximate surface area is 229 Å². The molecule has 1 atom stereocenters. The number of rotatable bonds is 9. The van der Waals surface area contributed by atoms with Crippen LogP contribution in [-0.4, -0.2) is 66.9 Å². The number of hydrogen-bond acceptors (Lipinski definition) is 7. The number of nitrogens with zero attached hydrogens (tertiary/aromatic N) is 2. The number of anilines is 1. The van der Waals surface area contributed by atoms with E-state index in [4.69, 9.17) is 9.47 Å². The van der Waals surface area contributed by atoms with Crippen LogP contribution in [0.5, 0.6) is 11.5 Å². The summed E-state index contributed by atoms with van der Waals surface area (Å²) in [6.07, 6.45) is -1.07. The van der Waals surface area contributed by atoms with E-state index in [-0.39, 0.29) is 29.5 Å². The van der Waals surface area contributed by atoms with Gasteiger partial charge in [0.1, 0.15) is 18.1 Å². The fraction of sp³-hybridized carbons (Fsp3) is 0.296. The molecule has 0 aromatic heterocycles. The van der Waals surface area contributed by atoms with Crippen LogP contribution in [0, 0.1) is 13.8 Å². The summed E-state index contributed by atoms with van der Waals surface area (Å²) in [5.41, 5.74) is 2.16. The number of ether oxygens (including phenoxy) is 2. The lowest BCUT2D eigenvalue weighted by atomic mass is 10.1. The van der Waals surface area contributed by atoms with E-state index in [1.165, 1.54) is 42.7 Å². The third-order valence-corrected chi connectivity index (χ3v) is 9.78. The lowest BCUT2D eigenvalue weighted by Gasteiger charge is -2.35. The van der Waals surface area contributed by atoms with Crippen molar-refractivity contribution in [3.63, 3.8) is 0 Å². The van der Waals surface area contributed by atoms with Crippen molar-refractivity contribution in [2.45, 2.75) is 29.7 Å². The highest BCUT2D eigenvalue weighted by Gasteiger charge is 2.37. The number of amides is 1. The Morgan fingerprint density at radius 1 is 0.949 bits per heavy atom. The van der Waals surface area contributed by atoms with Crippen LogP contribution in [0.3, 0.4) is 0 Å². The van der Waals surface area contributed by atoms with Gasteiger partial charge in [-0.2, -0.15) is 0 Å². The summed E-state index contributed by atoms with van der Waals surface area (Å²) in [6, 6.07) is 17.7. The normalized spacial score (nSPS) is 15.4. The molecule has 0 spiro atoms. The number of benzene rings is 3. The highest BCUT2D eigenvalue weighted by atomic mass is 32.2. The van der Waals surface area contributed by atoms with Crippen LogP contribution in [-0.2, 0) is 24.8 Å². The van der Waals surface area contributed by atoms with Crippen LogP contribution in [0.25, 0.3) is 0 Å². The first kappa shape index (κ1) is 28.4. The Morgan fingerprint density at radius 3 is 2.21 bits per heavy atom. The van der Waals surface area contributed by atoms with Crippen molar-refractivity contribution >= 4 is 31.6 Å². The second kappa shape index (κ2) is 11.2. The zero-order valence-electron chi connectivity index (χ0n) is 22.1. The van der Waals surface area contributed by atoms with Gasteiger partial charge in [-0.3, -0.25) is 9.10 Å². The van der Waals surface area contributed by atoms with Crippen molar-refractivity contribution in [1.29, 1.82) is 0 Å². The Hall–Kier alpha value is -3.61. The van der Waals surface area contributed by atoms with E-state index in [2.05, 4.69) is 5.32 Å². The smallest absolute Gasteiger partial charge is 0.264 e. The summed E-state index contributed by atoms with van der Waals surface area (Å²) in [6.45, 7) is 3.77. The van der Waals surface area contributed by atoms with E-state index < -0.39 is 32.1 Å². The molecular weight excluding hydrogens is 542 g/mol. The Balaban J connectivity index is 1.42. The maximum absolute atomic E-state index is 13.5. The molecule has 0 fully saturated rings. The molecule has 12 heteroatoms. The fourth-order valence-corrected chi connectivity index (χ4v) is 6.32. The Kier molecular flexibility index (Phi) is 8.19. The minimum Gasteiger partial charge on any atom is -0.492 e. The molecule has 1 N–H and O–H groups in total. The molecule has 208 valence electrons. The van der Waals surface area contributed by atoms with Gasteiger partial charge in [0.15, 0.2) is 6.10 Å².